The van der Waals surface area contributed by atoms with Gasteiger partial charge >= 0.3 is 0 Å². The van der Waals surface area contributed by atoms with Gasteiger partial charge in [-0.25, -0.2) is 4.39 Å². The highest BCUT2D eigenvalue weighted by Gasteiger charge is 2.44. The second-order valence-electron chi connectivity index (χ2n) is 4.67. The first-order chi connectivity index (χ1) is 7.55. The summed E-state index contributed by atoms with van der Waals surface area (Å²) < 4.78 is 19.1. The van der Waals surface area contributed by atoms with Gasteiger partial charge in [-0.15, -0.1) is 0 Å². The van der Waals surface area contributed by atoms with Crippen molar-refractivity contribution >= 4 is 0 Å². The smallest absolute Gasteiger partial charge is 0.130 e. The van der Waals surface area contributed by atoms with Crippen LogP contribution in [0.2, 0.25) is 0 Å². The Balaban J connectivity index is 2.59. The molecule has 0 aliphatic heterocycles. The summed E-state index contributed by atoms with van der Waals surface area (Å²) in [6, 6.07) is 1.63. The SMILES string of the molecule is COc1c(C)c(F)cc(C2(CN)CC2)c1C. The molecule has 2 N–H and O–H groups in total. The zero-order valence-corrected chi connectivity index (χ0v) is 10.1. The zero-order chi connectivity index (χ0) is 11.9. The summed E-state index contributed by atoms with van der Waals surface area (Å²) in [5, 5.41) is 0. The minimum absolute atomic E-state index is 0.00586. The summed E-state index contributed by atoms with van der Waals surface area (Å²) in [4.78, 5) is 0. The Hall–Kier alpha value is -1.09. The zero-order valence-electron chi connectivity index (χ0n) is 10.1. The molecule has 0 radical (unpaired) electrons. The number of hydrogen-bond donors (Lipinski definition) is 1. The summed E-state index contributed by atoms with van der Waals surface area (Å²) in [5.41, 5.74) is 8.43. The van der Waals surface area contributed by atoms with Crippen molar-refractivity contribution in [2.45, 2.75) is 32.1 Å². The van der Waals surface area contributed by atoms with E-state index in [1.165, 1.54) is 0 Å². The lowest BCUT2D eigenvalue weighted by Gasteiger charge is -2.20. The van der Waals surface area contributed by atoms with Crippen molar-refractivity contribution in [2.75, 3.05) is 13.7 Å². The van der Waals surface area contributed by atoms with Crippen molar-refractivity contribution in [3.63, 3.8) is 0 Å². The van der Waals surface area contributed by atoms with Crippen LogP contribution in [0.25, 0.3) is 0 Å². The summed E-state index contributed by atoms with van der Waals surface area (Å²) in [6.45, 7) is 4.31. The Labute approximate surface area is 95.6 Å². The van der Waals surface area contributed by atoms with Crippen LogP contribution in [-0.2, 0) is 5.41 Å². The molecule has 16 heavy (non-hydrogen) atoms. The van der Waals surface area contributed by atoms with E-state index in [0.717, 1.165) is 24.0 Å². The standard InChI is InChI=1S/C13H18FNO/c1-8-10(13(7-15)4-5-13)6-11(14)9(2)12(8)16-3/h6H,4-5,7,15H2,1-3H3. The Morgan fingerprint density at radius 1 is 1.38 bits per heavy atom. The first-order valence-corrected chi connectivity index (χ1v) is 5.60. The average Bonchev–Trinajstić information content (AvgIpc) is 3.05. The predicted molar refractivity (Wildman–Crippen MR) is 62.4 cm³/mol. The molecule has 2 nitrogen and oxygen atoms in total. The van der Waals surface area contributed by atoms with Crippen LogP contribution in [0.5, 0.6) is 5.75 Å². The van der Waals surface area contributed by atoms with Crippen molar-refractivity contribution in [3.8, 4) is 5.75 Å². The van der Waals surface area contributed by atoms with Crippen LogP contribution in [0.15, 0.2) is 6.07 Å². The highest BCUT2D eigenvalue weighted by Crippen LogP contribution is 2.50. The van der Waals surface area contributed by atoms with Crippen molar-refractivity contribution in [2.24, 2.45) is 5.73 Å². The molecule has 0 spiro atoms. The topological polar surface area (TPSA) is 35.2 Å². The molecule has 0 saturated heterocycles. The number of benzene rings is 1. The maximum absolute atomic E-state index is 13.8. The lowest BCUT2D eigenvalue weighted by Crippen LogP contribution is -2.21. The van der Waals surface area contributed by atoms with Gasteiger partial charge in [0.25, 0.3) is 0 Å². The molecule has 0 bridgehead atoms. The first-order valence-electron chi connectivity index (χ1n) is 5.60. The molecule has 2 rings (SSSR count). The molecule has 3 heteroatoms. The van der Waals surface area contributed by atoms with Crippen LogP contribution in [0.1, 0.15) is 29.5 Å². The quantitative estimate of drug-likeness (QED) is 0.854. The Morgan fingerprint density at radius 3 is 2.44 bits per heavy atom. The van der Waals surface area contributed by atoms with Gasteiger partial charge < -0.3 is 10.5 Å². The molecule has 1 aromatic carbocycles. The van der Waals surface area contributed by atoms with Crippen LogP contribution in [0.4, 0.5) is 4.39 Å². The normalized spacial score (nSPS) is 17.3. The molecule has 0 heterocycles. The van der Waals surface area contributed by atoms with Crippen molar-refractivity contribution in [1.29, 1.82) is 0 Å². The minimum Gasteiger partial charge on any atom is -0.496 e. The summed E-state index contributed by atoms with van der Waals surface area (Å²) in [5.74, 6) is 0.465. The average molecular weight is 223 g/mol. The van der Waals surface area contributed by atoms with E-state index in [1.54, 1.807) is 20.1 Å². The van der Waals surface area contributed by atoms with Crippen LogP contribution in [-0.4, -0.2) is 13.7 Å². The van der Waals surface area contributed by atoms with Crippen molar-refractivity contribution in [3.05, 3.63) is 28.6 Å². The number of halogens is 1. The van der Waals surface area contributed by atoms with Crippen LogP contribution in [0.3, 0.4) is 0 Å². The molecule has 1 aromatic rings. The third-order valence-electron chi connectivity index (χ3n) is 3.73. The van der Waals surface area contributed by atoms with E-state index >= 15 is 0 Å². The van der Waals surface area contributed by atoms with E-state index in [0.29, 0.717) is 17.9 Å². The van der Waals surface area contributed by atoms with E-state index < -0.39 is 0 Å². The van der Waals surface area contributed by atoms with Gasteiger partial charge in [0.05, 0.1) is 7.11 Å². The maximum Gasteiger partial charge on any atom is 0.130 e. The summed E-state index contributed by atoms with van der Waals surface area (Å²) in [6.07, 6.45) is 2.10. The van der Waals surface area contributed by atoms with Gasteiger partial charge in [0.2, 0.25) is 0 Å². The monoisotopic (exact) mass is 223 g/mol. The van der Waals surface area contributed by atoms with Gasteiger partial charge in [0, 0.05) is 17.5 Å². The molecule has 1 aliphatic carbocycles. The van der Waals surface area contributed by atoms with Crippen molar-refractivity contribution in [1.82, 2.24) is 0 Å². The van der Waals surface area contributed by atoms with Gasteiger partial charge in [-0.05, 0) is 43.9 Å². The molecular formula is C13H18FNO. The Bertz CT molecular complexity index is 424. The Morgan fingerprint density at radius 2 is 2.00 bits per heavy atom. The van der Waals surface area contributed by atoms with Gasteiger partial charge in [-0.3, -0.25) is 0 Å². The molecule has 1 saturated carbocycles. The number of hydrogen-bond acceptors (Lipinski definition) is 2. The van der Waals surface area contributed by atoms with Gasteiger partial charge in [0.15, 0.2) is 0 Å². The summed E-state index contributed by atoms with van der Waals surface area (Å²) >= 11 is 0. The highest BCUT2D eigenvalue weighted by atomic mass is 19.1. The second kappa shape index (κ2) is 3.74. The van der Waals surface area contributed by atoms with E-state index in [4.69, 9.17) is 10.5 Å². The fraction of sp³-hybridized carbons (Fsp3) is 0.538. The molecular weight excluding hydrogens is 205 g/mol. The third-order valence-corrected chi connectivity index (χ3v) is 3.73. The van der Waals surface area contributed by atoms with E-state index in [9.17, 15) is 4.39 Å². The number of rotatable bonds is 3. The van der Waals surface area contributed by atoms with Crippen LogP contribution in [0, 0.1) is 19.7 Å². The third kappa shape index (κ3) is 1.50. The second-order valence-corrected chi connectivity index (χ2v) is 4.67. The molecule has 0 unspecified atom stereocenters. The van der Waals surface area contributed by atoms with Gasteiger partial charge in [-0.2, -0.15) is 0 Å². The molecule has 1 aliphatic rings. The number of methoxy groups -OCH3 is 1. The van der Waals surface area contributed by atoms with Crippen LogP contribution >= 0.6 is 0 Å². The minimum atomic E-state index is -0.197. The molecule has 0 atom stereocenters. The van der Waals surface area contributed by atoms with E-state index in [2.05, 4.69) is 0 Å². The maximum atomic E-state index is 13.8. The molecule has 88 valence electrons. The largest absolute Gasteiger partial charge is 0.496 e. The van der Waals surface area contributed by atoms with Gasteiger partial charge in [-0.1, -0.05) is 0 Å². The molecule has 0 amide bonds. The first kappa shape index (κ1) is 11.4. The number of ether oxygens (including phenoxy) is 1. The fourth-order valence-corrected chi connectivity index (χ4v) is 2.45. The van der Waals surface area contributed by atoms with Gasteiger partial charge in [0.1, 0.15) is 11.6 Å². The fourth-order valence-electron chi connectivity index (χ4n) is 2.45. The Kier molecular flexibility index (Phi) is 2.66. The van der Waals surface area contributed by atoms with Crippen LogP contribution < -0.4 is 10.5 Å². The summed E-state index contributed by atoms with van der Waals surface area (Å²) in [7, 11) is 1.58. The molecule has 0 aromatic heterocycles. The predicted octanol–water partition coefficient (Wildman–Crippen LogP) is 2.44. The van der Waals surface area contributed by atoms with Crippen molar-refractivity contribution < 1.29 is 9.13 Å². The van der Waals surface area contributed by atoms with E-state index in [1.807, 2.05) is 6.92 Å². The molecule has 1 fully saturated rings. The lowest BCUT2D eigenvalue weighted by atomic mass is 9.90. The highest BCUT2D eigenvalue weighted by molar-refractivity contribution is 5.50. The number of nitrogens with two attached hydrogens (primary N) is 1. The van der Waals surface area contributed by atoms with E-state index in [-0.39, 0.29) is 11.2 Å². The lowest BCUT2D eigenvalue weighted by molar-refractivity contribution is 0.402.